The van der Waals surface area contributed by atoms with Gasteiger partial charge in [-0.15, -0.1) is 0 Å². The Kier molecular flexibility index (Phi) is 4.77. The average Bonchev–Trinajstić information content (AvgIpc) is 2.72. The Labute approximate surface area is 157 Å². The predicted molar refractivity (Wildman–Crippen MR) is 97.2 cm³/mol. The molecule has 1 aliphatic heterocycles. The molecule has 3 rings (SSSR count). The minimum absolute atomic E-state index is 0.00530. The van der Waals surface area contributed by atoms with E-state index < -0.39 is 11.3 Å². The van der Waals surface area contributed by atoms with E-state index in [-0.39, 0.29) is 17.2 Å². The molecule has 136 valence electrons. The first-order valence-corrected chi connectivity index (χ1v) is 8.43. The molecular weight excluding hydrogens is 342 g/mol. The number of rotatable bonds is 3. The highest BCUT2D eigenvalue weighted by Crippen LogP contribution is 2.55. The number of fused-ring (bicyclic) bond motifs is 1. The zero-order valence-electron chi connectivity index (χ0n) is 15.1. The number of benzene rings is 1. The van der Waals surface area contributed by atoms with Crippen LogP contribution in [0.2, 0.25) is 0 Å². The number of nitrogens with zero attached hydrogens (tertiary/aromatic N) is 3. The molecule has 1 aliphatic carbocycles. The fourth-order valence-corrected chi connectivity index (χ4v) is 4.03. The van der Waals surface area contributed by atoms with Crippen LogP contribution in [-0.2, 0) is 0 Å². The maximum atomic E-state index is 10.0. The normalized spacial score (nSPS) is 23.1. The molecule has 27 heavy (non-hydrogen) atoms. The van der Waals surface area contributed by atoms with Crippen LogP contribution in [0.1, 0.15) is 11.5 Å². The topological polar surface area (TPSA) is 128 Å². The summed E-state index contributed by atoms with van der Waals surface area (Å²) in [6, 6.07) is 11.6. The Hall–Kier alpha value is -3.47. The van der Waals surface area contributed by atoms with E-state index in [0.29, 0.717) is 30.2 Å². The summed E-state index contributed by atoms with van der Waals surface area (Å²) >= 11 is 0. The van der Waals surface area contributed by atoms with Crippen molar-refractivity contribution in [1.29, 1.82) is 15.8 Å². The van der Waals surface area contributed by atoms with Gasteiger partial charge in [-0.3, -0.25) is 0 Å². The zero-order chi connectivity index (χ0) is 19.6. The summed E-state index contributed by atoms with van der Waals surface area (Å²) in [7, 11) is 3.08. The summed E-state index contributed by atoms with van der Waals surface area (Å²) in [6.45, 7) is 1.11. The van der Waals surface area contributed by atoms with Gasteiger partial charge in [0.2, 0.25) is 0 Å². The quantitative estimate of drug-likeness (QED) is 0.838. The van der Waals surface area contributed by atoms with Crippen molar-refractivity contribution in [2.45, 2.75) is 5.92 Å². The molecule has 7 nitrogen and oxygen atoms in total. The molecule has 2 aliphatic rings. The summed E-state index contributed by atoms with van der Waals surface area (Å²) in [5, 5.41) is 33.0. The van der Waals surface area contributed by atoms with Crippen LogP contribution in [0.5, 0.6) is 11.5 Å². The summed E-state index contributed by atoms with van der Waals surface area (Å²) in [4.78, 5) is 0. The van der Waals surface area contributed by atoms with Crippen LogP contribution in [0.15, 0.2) is 41.1 Å². The molecule has 1 heterocycles. The van der Waals surface area contributed by atoms with Gasteiger partial charge in [-0.05, 0) is 23.8 Å². The monoisotopic (exact) mass is 361 g/mol. The van der Waals surface area contributed by atoms with Crippen molar-refractivity contribution in [2.24, 2.45) is 17.1 Å². The van der Waals surface area contributed by atoms with Gasteiger partial charge >= 0.3 is 0 Å². The Morgan fingerprint density at radius 1 is 1.19 bits per heavy atom. The summed E-state index contributed by atoms with van der Waals surface area (Å²) in [6.07, 6.45) is 1.90. The Morgan fingerprint density at radius 3 is 2.52 bits per heavy atom. The summed E-state index contributed by atoms with van der Waals surface area (Å²) in [5.74, 6) is 0.224. The Bertz CT molecular complexity index is 944. The standard InChI is InChI=1S/C20H19N5O2/c1-26-12-3-4-17(27-2)14(7-12)18-16-9-25-6-5-13(16)15(8-21)19(24)20(18,10-22)11-23/h3-5,7,16,18,25H,6,9,24H2,1-2H3. The SMILES string of the molecule is COc1ccc(OC)c(C2C3CNCC=C3C(C#N)=C(N)C2(C#N)C#N)c1. The third-order valence-corrected chi connectivity index (χ3v) is 5.32. The van der Waals surface area contributed by atoms with Crippen molar-refractivity contribution >= 4 is 0 Å². The number of nitriles is 3. The van der Waals surface area contributed by atoms with E-state index in [4.69, 9.17) is 15.2 Å². The molecule has 0 radical (unpaired) electrons. The number of ether oxygens (including phenoxy) is 2. The van der Waals surface area contributed by atoms with Crippen molar-refractivity contribution in [3.8, 4) is 29.7 Å². The third-order valence-electron chi connectivity index (χ3n) is 5.32. The Balaban J connectivity index is 2.37. The number of hydrogen-bond donors (Lipinski definition) is 2. The van der Waals surface area contributed by atoms with Crippen LogP contribution in [-0.4, -0.2) is 27.3 Å². The van der Waals surface area contributed by atoms with Crippen molar-refractivity contribution in [3.05, 3.63) is 46.7 Å². The average molecular weight is 361 g/mol. The number of nitrogens with one attached hydrogen (secondary N) is 1. The predicted octanol–water partition coefficient (Wildman–Crippen LogP) is 1.72. The minimum Gasteiger partial charge on any atom is -0.497 e. The summed E-state index contributed by atoms with van der Waals surface area (Å²) < 4.78 is 10.9. The lowest BCUT2D eigenvalue weighted by Crippen LogP contribution is -2.47. The molecule has 0 spiro atoms. The third kappa shape index (κ3) is 2.59. The lowest BCUT2D eigenvalue weighted by atomic mass is 9.58. The first kappa shape index (κ1) is 18.3. The van der Waals surface area contributed by atoms with Crippen LogP contribution in [0, 0.1) is 45.3 Å². The van der Waals surface area contributed by atoms with Gasteiger partial charge < -0.3 is 20.5 Å². The van der Waals surface area contributed by atoms with Gasteiger partial charge in [-0.1, -0.05) is 6.08 Å². The highest BCUT2D eigenvalue weighted by Gasteiger charge is 2.54. The van der Waals surface area contributed by atoms with Crippen molar-refractivity contribution in [3.63, 3.8) is 0 Å². The van der Waals surface area contributed by atoms with Gasteiger partial charge in [0.1, 0.15) is 17.6 Å². The molecule has 7 heteroatoms. The van der Waals surface area contributed by atoms with Gasteiger partial charge in [0.25, 0.3) is 0 Å². The van der Waals surface area contributed by atoms with Gasteiger partial charge in [-0.2, -0.15) is 15.8 Å². The number of allylic oxidation sites excluding steroid dienone is 2. The van der Waals surface area contributed by atoms with Gasteiger partial charge in [0.15, 0.2) is 5.41 Å². The number of methoxy groups -OCH3 is 2. The molecule has 2 atom stereocenters. The lowest BCUT2D eigenvalue weighted by Gasteiger charge is -2.43. The van der Waals surface area contributed by atoms with E-state index in [1.807, 2.05) is 6.08 Å². The van der Waals surface area contributed by atoms with Crippen LogP contribution in [0.25, 0.3) is 0 Å². The molecule has 0 saturated carbocycles. The van der Waals surface area contributed by atoms with E-state index in [9.17, 15) is 15.8 Å². The molecule has 0 aromatic heterocycles. The largest absolute Gasteiger partial charge is 0.497 e. The molecule has 1 aromatic rings. The molecular formula is C20H19N5O2. The van der Waals surface area contributed by atoms with E-state index in [1.54, 1.807) is 25.3 Å². The van der Waals surface area contributed by atoms with Crippen LogP contribution >= 0.6 is 0 Å². The van der Waals surface area contributed by atoms with E-state index in [0.717, 1.165) is 5.57 Å². The van der Waals surface area contributed by atoms with Crippen LogP contribution in [0.4, 0.5) is 0 Å². The second kappa shape index (κ2) is 7.03. The highest BCUT2D eigenvalue weighted by atomic mass is 16.5. The first-order chi connectivity index (χ1) is 13.1. The second-order valence-corrected chi connectivity index (χ2v) is 6.44. The van der Waals surface area contributed by atoms with Crippen LogP contribution < -0.4 is 20.5 Å². The van der Waals surface area contributed by atoms with E-state index in [1.165, 1.54) is 7.11 Å². The molecule has 2 unspecified atom stereocenters. The van der Waals surface area contributed by atoms with Crippen molar-refractivity contribution in [2.75, 3.05) is 27.3 Å². The number of hydrogen-bond acceptors (Lipinski definition) is 7. The minimum atomic E-state index is -1.69. The molecule has 0 amide bonds. The van der Waals surface area contributed by atoms with E-state index >= 15 is 0 Å². The first-order valence-electron chi connectivity index (χ1n) is 8.43. The van der Waals surface area contributed by atoms with Gasteiger partial charge in [-0.25, -0.2) is 0 Å². The van der Waals surface area contributed by atoms with Crippen molar-refractivity contribution < 1.29 is 9.47 Å². The maximum absolute atomic E-state index is 10.0. The molecule has 3 N–H and O–H groups in total. The van der Waals surface area contributed by atoms with Gasteiger partial charge in [0.05, 0.1) is 37.6 Å². The lowest BCUT2D eigenvalue weighted by molar-refractivity contribution is 0.313. The zero-order valence-corrected chi connectivity index (χ0v) is 15.1. The maximum Gasteiger partial charge on any atom is 0.191 e. The van der Waals surface area contributed by atoms with Crippen molar-refractivity contribution in [1.82, 2.24) is 5.32 Å². The van der Waals surface area contributed by atoms with E-state index in [2.05, 4.69) is 23.5 Å². The smallest absolute Gasteiger partial charge is 0.191 e. The fourth-order valence-electron chi connectivity index (χ4n) is 4.03. The number of nitrogens with two attached hydrogens (primary N) is 1. The Morgan fingerprint density at radius 2 is 1.93 bits per heavy atom. The molecule has 0 saturated heterocycles. The summed E-state index contributed by atoms with van der Waals surface area (Å²) in [5.41, 5.74) is 6.22. The second-order valence-electron chi connectivity index (χ2n) is 6.44. The molecule has 0 bridgehead atoms. The van der Waals surface area contributed by atoms with Gasteiger partial charge in [0, 0.05) is 30.5 Å². The fraction of sp³-hybridized carbons (Fsp3) is 0.350. The highest BCUT2D eigenvalue weighted by molar-refractivity contribution is 5.61. The molecule has 0 fully saturated rings. The van der Waals surface area contributed by atoms with Crippen LogP contribution in [0.3, 0.4) is 0 Å². The molecule has 1 aromatic carbocycles.